The maximum absolute atomic E-state index is 13.2. The van der Waals surface area contributed by atoms with Crippen molar-refractivity contribution in [2.24, 2.45) is 0 Å². The molecular weight excluding hydrogens is 287 g/mol. The minimum atomic E-state index is -5.25. The van der Waals surface area contributed by atoms with Crippen molar-refractivity contribution < 1.29 is 36.3 Å². The van der Waals surface area contributed by atoms with E-state index >= 15 is 0 Å². The third kappa shape index (κ3) is 4.94. The summed E-state index contributed by atoms with van der Waals surface area (Å²) in [5.41, 5.74) is -0.0139. The van der Waals surface area contributed by atoms with Crippen molar-refractivity contribution in [3.63, 3.8) is 0 Å². The van der Waals surface area contributed by atoms with E-state index in [-0.39, 0.29) is 18.4 Å². The van der Waals surface area contributed by atoms with E-state index in [1.807, 2.05) is 0 Å². The molecule has 0 unspecified atom stereocenters. The summed E-state index contributed by atoms with van der Waals surface area (Å²) in [7, 11) is 0. The molecule has 1 aromatic rings. The van der Waals surface area contributed by atoms with Crippen LogP contribution in [0.3, 0.4) is 0 Å². The summed E-state index contributed by atoms with van der Waals surface area (Å²) in [5, 5.41) is 0. The monoisotopic (exact) mass is 296 g/mol. The Morgan fingerprint density at radius 1 is 1.15 bits per heavy atom. The van der Waals surface area contributed by atoms with Crippen LogP contribution in [0.5, 0.6) is 0 Å². The molecular formula is C12H9F5O3. The van der Waals surface area contributed by atoms with Crippen LogP contribution in [0.4, 0.5) is 22.0 Å². The molecule has 0 aromatic heterocycles. The third-order valence-corrected chi connectivity index (χ3v) is 2.27. The van der Waals surface area contributed by atoms with Gasteiger partial charge in [-0.2, -0.15) is 13.2 Å². The second-order valence-electron chi connectivity index (χ2n) is 3.85. The molecule has 0 heterocycles. The van der Waals surface area contributed by atoms with Crippen LogP contribution in [-0.4, -0.2) is 18.1 Å². The first-order valence-electron chi connectivity index (χ1n) is 5.46. The first kappa shape index (κ1) is 16.1. The van der Waals surface area contributed by atoms with E-state index in [9.17, 15) is 31.5 Å². The Hall–Kier alpha value is -1.99. The van der Waals surface area contributed by atoms with Crippen molar-refractivity contribution in [1.29, 1.82) is 0 Å². The maximum Gasteiger partial charge on any atom is 0.491 e. The summed E-state index contributed by atoms with van der Waals surface area (Å²) >= 11 is 0. The summed E-state index contributed by atoms with van der Waals surface area (Å²) in [6.45, 7) is 0. The number of carbonyl (C=O) groups excluding carboxylic acids is 2. The van der Waals surface area contributed by atoms with Gasteiger partial charge in [0.05, 0.1) is 0 Å². The van der Waals surface area contributed by atoms with Crippen LogP contribution in [0.15, 0.2) is 18.2 Å². The van der Waals surface area contributed by atoms with E-state index in [1.54, 1.807) is 0 Å². The molecule has 0 N–H and O–H groups in total. The number of ether oxygens (including phenoxy) is 1. The van der Waals surface area contributed by atoms with Gasteiger partial charge in [0.1, 0.15) is 11.6 Å². The number of alkyl halides is 3. The Morgan fingerprint density at radius 3 is 2.40 bits per heavy atom. The van der Waals surface area contributed by atoms with E-state index < -0.39 is 36.2 Å². The lowest BCUT2D eigenvalue weighted by Gasteiger charge is -2.06. The Morgan fingerprint density at radius 2 is 1.80 bits per heavy atom. The predicted octanol–water partition coefficient (Wildman–Crippen LogP) is 2.92. The van der Waals surface area contributed by atoms with Gasteiger partial charge in [-0.1, -0.05) is 0 Å². The fourth-order valence-corrected chi connectivity index (χ4v) is 1.37. The number of hydrogen-bond donors (Lipinski definition) is 0. The van der Waals surface area contributed by atoms with Crippen LogP contribution in [0, 0.1) is 11.6 Å². The summed E-state index contributed by atoms with van der Waals surface area (Å²) in [6, 6.07) is 2.73. The molecule has 0 aliphatic rings. The summed E-state index contributed by atoms with van der Waals surface area (Å²) < 4.78 is 64.8. The molecule has 1 rings (SSSR count). The minimum absolute atomic E-state index is 0.0139. The van der Waals surface area contributed by atoms with Gasteiger partial charge < -0.3 is 4.74 Å². The Kier molecular flexibility index (Phi) is 5.18. The van der Waals surface area contributed by atoms with Crippen LogP contribution >= 0.6 is 0 Å². The van der Waals surface area contributed by atoms with Gasteiger partial charge in [-0.3, -0.25) is 4.79 Å². The van der Waals surface area contributed by atoms with E-state index in [4.69, 9.17) is 0 Å². The molecule has 0 aliphatic heterocycles. The topological polar surface area (TPSA) is 43.4 Å². The molecule has 20 heavy (non-hydrogen) atoms. The lowest BCUT2D eigenvalue weighted by molar-refractivity contribution is -0.201. The standard InChI is InChI=1S/C12H9F5O3/c13-8-4-5-9(14)7(6-8)2-1-3-10(18)20-11(19)12(15,16)17/h4-6H,1-3H2. The zero-order valence-corrected chi connectivity index (χ0v) is 9.97. The Balaban J connectivity index is 2.43. The predicted molar refractivity (Wildman–Crippen MR) is 56.5 cm³/mol. The van der Waals surface area contributed by atoms with Gasteiger partial charge in [0.2, 0.25) is 0 Å². The molecule has 0 amide bonds. The molecule has 0 aliphatic carbocycles. The normalized spacial score (nSPS) is 11.2. The first-order chi connectivity index (χ1) is 9.20. The van der Waals surface area contributed by atoms with Crippen LogP contribution in [-0.2, 0) is 20.7 Å². The fraction of sp³-hybridized carbons (Fsp3) is 0.333. The van der Waals surface area contributed by atoms with Gasteiger partial charge in [0, 0.05) is 6.42 Å². The average Bonchev–Trinajstić information content (AvgIpc) is 2.32. The van der Waals surface area contributed by atoms with Gasteiger partial charge in [0.25, 0.3) is 0 Å². The smallest absolute Gasteiger partial charge is 0.386 e. The summed E-state index contributed by atoms with van der Waals surface area (Å²) in [6.07, 6.45) is -5.91. The molecule has 8 heteroatoms. The van der Waals surface area contributed by atoms with Crippen LogP contribution in [0.25, 0.3) is 0 Å². The second-order valence-corrected chi connectivity index (χ2v) is 3.85. The fourth-order valence-electron chi connectivity index (χ4n) is 1.37. The van der Waals surface area contributed by atoms with Gasteiger partial charge in [-0.05, 0) is 36.6 Å². The number of carbonyl (C=O) groups is 2. The average molecular weight is 296 g/mol. The highest BCUT2D eigenvalue weighted by Crippen LogP contribution is 2.17. The molecule has 110 valence electrons. The van der Waals surface area contributed by atoms with Gasteiger partial charge in [0.15, 0.2) is 0 Å². The van der Waals surface area contributed by atoms with Gasteiger partial charge >= 0.3 is 18.1 Å². The highest BCUT2D eigenvalue weighted by molar-refractivity contribution is 5.88. The Labute approximate surface area is 110 Å². The molecule has 0 saturated carbocycles. The number of aryl methyl sites for hydroxylation is 1. The Bertz CT molecular complexity index is 510. The van der Waals surface area contributed by atoms with E-state index in [0.717, 1.165) is 18.2 Å². The van der Waals surface area contributed by atoms with Gasteiger partial charge in [-0.15, -0.1) is 0 Å². The zero-order chi connectivity index (χ0) is 15.3. The van der Waals surface area contributed by atoms with E-state index in [0.29, 0.717) is 0 Å². The highest BCUT2D eigenvalue weighted by atomic mass is 19.4. The molecule has 0 saturated heterocycles. The molecule has 0 bridgehead atoms. The highest BCUT2D eigenvalue weighted by Gasteiger charge is 2.42. The summed E-state index contributed by atoms with van der Waals surface area (Å²) in [4.78, 5) is 21.3. The van der Waals surface area contributed by atoms with Crippen molar-refractivity contribution in [1.82, 2.24) is 0 Å². The van der Waals surface area contributed by atoms with Crippen LogP contribution < -0.4 is 0 Å². The second kappa shape index (κ2) is 6.44. The maximum atomic E-state index is 13.2. The van der Waals surface area contributed by atoms with Crippen molar-refractivity contribution in [2.45, 2.75) is 25.4 Å². The number of rotatable bonds is 4. The number of halogens is 5. The SMILES string of the molecule is O=C(CCCc1cc(F)ccc1F)OC(=O)C(F)(F)F. The molecule has 0 atom stereocenters. The minimum Gasteiger partial charge on any atom is -0.386 e. The van der Waals surface area contributed by atoms with Gasteiger partial charge in [-0.25, -0.2) is 13.6 Å². The lowest BCUT2D eigenvalue weighted by atomic mass is 10.1. The molecule has 0 fully saturated rings. The van der Waals surface area contributed by atoms with Crippen molar-refractivity contribution in [2.75, 3.05) is 0 Å². The third-order valence-electron chi connectivity index (χ3n) is 2.27. The molecule has 1 aromatic carbocycles. The largest absolute Gasteiger partial charge is 0.491 e. The van der Waals surface area contributed by atoms with Crippen LogP contribution in [0.1, 0.15) is 18.4 Å². The zero-order valence-electron chi connectivity index (χ0n) is 9.97. The molecule has 0 radical (unpaired) electrons. The molecule has 0 spiro atoms. The van der Waals surface area contributed by atoms with Crippen molar-refractivity contribution in [3.05, 3.63) is 35.4 Å². The lowest BCUT2D eigenvalue weighted by Crippen LogP contribution is -2.27. The van der Waals surface area contributed by atoms with Crippen molar-refractivity contribution >= 4 is 11.9 Å². The number of esters is 2. The van der Waals surface area contributed by atoms with E-state index in [1.165, 1.54) is 0 Å². The van der Waals surface area contributed by atoms with Crippen molar-refractivity contribution in [3.8, 4) is 0 Å². The summed E-state index contributed by atoms with van der Waals surface area (Å²) in [5.74, 6) is -5.33. The number of hydrogen-bond acceptors (Lipinski definition) is 3. The molecule has 3 nitrogen and oxygen atoms in total. The van der Waals surface area contributed by atoms with E-state index in [2.05, 4.69) is 4.74 Å². The number of benzene rings is 1. The quantitative estimate of drug-likeness (QED) is 0.487. The first-order valence-corrected chi connectivity index (χ1v) is 5.46. The van der Waals surface area contributed by atoms with Crippen LogP contribution in [0.2, 0.25) is 0 Å².